The Labute approximate surface area is 163 Å². The molecule has 4 rings (SSSR count). The SMILES string of the molecule is CCCc1c(C(=O)N2CCN(c3ccccc3F)CC2)sc2ccccc12. The number of piperazine rings is 1. The molecule has 1 amide bonds. The number of halogens is 1. The van der Waals surface area contributed by atoms with Crippen LogP contribution in [0.25, 0.3) is 10.1 Å². The normalized spacial score (nSPS) is 14.7. The van der Waals surface area contributed by atoms with Gasteiger partial charge in [0.1, 0.15) is 5.82 Å². The molecule has 2 heterocycles. The Morgan fingerprint density at radius 1 is 1.04 bits per heavy atom. The monoisotopic (exact) mass is 382 g/mol. The number of fused-ring (bicyclic) bond motifs is 1. The van der Waals surface area contributed by atoms with Crippen LogP contribution >= 0.6 is 11.3 Å². The average Bonchev–Trinajstić information content (AvgIpc) is 3.07. The average molecular weight is 383 g/mol. The van der Waals surface area contributed by atoms with Crippen molar-refractivity contribution in [3.8, 4) is 0 Å². The molecule has 1 aromatic heterocycles. The van der Waals surface area contributed by atoms with E-state index < -0.39 is 0 Å². The third-order valence-electron chi connectivity index (χ3n) is 5.15. The van der Waals surface area contributed by atoms with Crippen LogP contribution in [0.15, 0.2) is 48.5 Å². The Hall–Kier alpha value is -2.40. The molecule has 5 heteroatoms. The Morgan fingerprint density at radius 3 is 2.48 bits per heavy atom. The van der Waals surface area contributed by atoms with Gasteiger partial charge in [0, 0.05) is 30.9 Å². The number of thiophene rings is 1. The van der Waals surface area contributed by atoms with Gasteiger partial charge in [-0.05, 0) is 35.6 Å². The standard InChI is InChI=1S/C22H23FN2OS/c1-2-7-17-16-8-3-6-11-20(16)27-21(17)22(26)25-14-12-24(13-15-25)19-10-5-4-9-18(19)23/h3-6,8-11H,2,7,12-15H2,1H3. The maximum atomic E-state index is 14.0. The fourth-order valence-electron chi connectivity index (χ4n) is 3.77. The molecule has 2 aromatic carbocycles. The summed E-state index contributed by atoms with van der Waals surface area (Å²) in [7, 11) is 0. The second-order valence-corrected chi connectivity index (χ2v) is 7.94. The smallest absolute Gasteiger partial charge is 0.264 e. The molecule has 1 saturated heterocycles. The fourth-order valence-corrected chi connectivity index (χ4v) is 4.99. The van der Waals surface area contributed by atoms with Gasteiger partial charge >= 0.3 is 0 Å². The van der Waals surface area contributed by atoms with E-state index in [-0.39, 0.29) is 11.7 Å². The first-order chi connectivity index (χ1) is 13.2. The van der Waals surface area contributed by atoms with Crippen molar-refractivity contribution in [3.05, 3.63) is 64.8 Å². The molecule has 1 aliphatic rings. The first kappa shape index (κ1) is 18.0. The lowest BCUT2D eigenvalue weighted by Gasteiger charge is -2.36. The molecule has 0 unspecified atom stereocenters. The summed E-state index contributed by atoms with van der Waals surface area (Å²) in [6, 6.07) is 15.1. The van der Waals surface area contributed by atoms with Crippen molar-refractivity contribution in [3.63, 3.8) is 0 Å². The zero-order chi connectivity index (χ0) is 18.8. The zero-order valence-electron chi connectivity index (χ0n) is 15.5. The van der Waals surface area contributed by atoms with E-state index in [1.165, 1.54) is 21.7 Å². The van der Waals surface area contributed by atoms with E-state index in [9.17, 15) is 9.18 Å². The van der Waals surface area contributed by atoms with Crippen molar-refractivity contribution < 1.29 is 9.18 Å². The van der Waals surface area contributed by atoms with Crippen LogP contribution in [0.3, 0.4) is 0 Å². The van der Waals surface area contributed by atoms with Crippen LogP contribution in [-0.4, -0.2) is 37.0 Å². The van der Waals surface area contributed by atoms with Gasteiger partial charge in [0.15, 0.2) is 0 Å². The fraction of sp³-hybridized carbons (Fsp3) is 0.318. The van der Waals surface area contributed by atoms with Crippen LogP contribution in [0.5, 0.6) is 0 Å². The van der Waals surface area contributed by atoms with Crippen LogP contribution in [0.4, 0.5) is 10.1 Å². The first-order valence-corrected chi connectivity index (χ1v) is 10.3. The van der Waals surface area contributed by atoms with Gasteiger partial charge in [-0.1, -0.05) is 43.7 Å². The lowest BCUT2D eigenvalue weighted by Crippen LogP contribution is -2.49. The van der Waals surface area contributed by atoms with Crippen molar-refractivity contribution >= 4 is 33.0 Å². The topological polar surface area (TPSA) is 23.6 Å². The Morgan fingerprint density at radius 2 is 1.74 bits per heavy atom. The summed E-state index contributed by atoms with van der Waals surface area (Å²) in [5, 5.41) is 1.21. The quantitative estimate of drug-likeness (QED) is 0.637. The molecular weight excluding hydrogens is 359 g/mol. The van der Waals surface area contributed by atoms with E-state index in [4.69, 9.17) is 0 Å². The molecule has 140 valence electrons. The summed E-state index contributed by atoms with van der Waals surface area (Å²) in [4.78, 5) is 18.0. The van der Waals surface area contributed by atoms with E-state index in [1.807, 2.05) is 28.0 Å². The van der Waals surface area contributed by atoms with Crippen LogP contribution in [0.1, 0.15) is 28.6 Å². The number of amides is 1. The summed E-state index contributed by atoms with van der Waals surface area (Å²) in [5.41, 5.74) is 1.80. The van der Waals surface area contributed by atoms with Gasteiger partial charge in [0.05, 0.1) is 10.6 Å². The number of carbonyl (C=O) groups is 1. The van der Waals surface area contributed by atoms with Crippen molar-refractivity contribution in [2.24, 2.45) is 0 Å². The number of aryl methyl sites for hydroxylation is 1. The highest BCUT2D eigenvalue weighted by Crippen LogP contribution is 2.33. The summed E-state index contributed by atoms with van der Waals surface area (Å²) in [5.74, 6) is -0.0835. The number of rotatable bonds is 4. The number of benzene rings is 2. The third-order valence-corrected chi connectivity index (χ3v) is 6.35. The number of anilines is 1. The van der Waals surface area contributed by atoms with Gasteiger partial charge < -0.3 is 9.80 Å². The van der Waals surface area contributed by atoms with Gasteiger partial charge in [-0.25, -0.2) is 4.39 Å². The van der Waals surface area contributed by atoms with Crippen molar-refractivity contribution in [1.82, 2.24) is 4.90 Å². The summed E-state index contributed by atoms with van der Waals surface area (Å²) < 4.78 is 15.2. The van der Waals surface area contributed by atoms with Crippen molar-refractivity contribution in [1.29, 1.82) is 0 Å². The number of hydrogen-bond acceptors (Lipinski definition) is 3. The lowest BCUT2D eigenvalue weighted by molar-refractivity contribution is 0.0750. The van der Waals surface area contributed by atoms with Crippen LogP contribution in [0, 0.1) is 5.82 Å². The first-order valence-electron chi connectivity index (χ1n) is 9.48. The Balaban J connectivity index is 1.54. The number of para-hydroxylation sites is 1. The van der Waals surface area contributed by atoms with Gasteiger partial charge in [0.25, 0.3) is 5.91 Å². The molecule has 0 saturated carbocycles. The molecule has 1 fully saturated rings. The summed E-state index contributed by atoms with van der Waals surface area (Å²) in [6.07, 6.45) is 1.93. The maximum Gasteiger partial charge on any atom is 0.264 e. The highest BCUT2D eigenvalue weighted by atomic mass is 32.1. The van der Waals surface area contributed by atoms with E-state index >= 15 is 0 Å². The van der Waals surface area contributed by atoms with E-state index in [2.05, 4.69) is 19.1 Å². The molecule has 0 atom stereocenters. The minimum Gasteiger partial charge on any atom is -0.366 e. The highest BCUT2D eigenvalue weighted by Gasteiger charge is 2.26. The molecule has 0 aliphatic carbocycles. The number of hydrogen-bond donors (Lipinski definition) is 0. The molecular formula is C22H23FN2OS. The van der Waals surface area contributed by atoms with Gasteiger partial charge in [0.2, 0.25) is 0 Å². The van der Waals surface area contributed by atoms with Crippen LogP contribution in [0.2, 0.25) is 0 Å². The van der Waals surface area contributed by atoms with E-state index in [0.29, 0.717) is 31.9 Å². The molecule has 0 bridgehead atoms. The second kappa shape index (κ2) is 7.69. The second-order valence-electron chi connectivity index (χ2n) is 6.89. The molecule has 3 nitrogen and oxygen atoms in total. The predicted molar refractivity (Wildman–Crippen MR) is 110 cm³/mol. The Bertz CT molecular complexity index is 960. The molecule has 3 aromatic rings. The minimum atomic E-state index is -0.202. The summed E-state index contributed by atoms with van der Waals surface area (Å²) >= 11 is 1.60. The van der Waals surface area contributed by atoms with Crippen molar-refractivity contribution in [2.75, 3.05) is 31.1 Å². The highest BCUT2D eigenvalue weighted by molar-refractivity contribution is 7.21. The van der Waals surface area contributed by atoms with Gasteiger partial charge in [-0.2, -0.15) is 0 Å². The number of carbonyl (C=O) groups excluding carboxylic acids is 1. The molecule has 0 spiro atoms. The minimum absolute atomic E-state index is 0.118. The molecule has 27 heavy (non-hydrogen) atoms. The molecule has 0 N–H and O–H groups in total. The third kappa shape index (κ3) is 3.44. The lowest BCUT2D eigenvalue weighted by atomic mass is 10.1. The summed E-state index contributed by atoms with van der Waals surface area (Å²) in [6.45, 7) is 4.69. The van der Waals surface area contributed by atoms with E-state index in [1.54, 1.807) is 23.5 Å². The van der Waals surface area contributed by atoms with Crippen molar-refractivity contribution in [2.45, 2.75) is 19.8 Å². The van der Waals surface area contributed by atoms with Gasteiger partial charge in [-0.3, -0.25) is 4.79 Å². The van der Waals surface area contributed by atoms with Crippen LogP contribution < -0.4 is 4.90 Å². The number of nitrogens with zero attached hydrogens (tertiary/aromatic N) is 2. The van der Waals surface area contributed by atoms with Crippen LogP contribution in [-0.2, 0) is 6.42 Å². The maximum absolute atomic E-state index is 14.0. The molecule has 0 radical (unpaired) electrons. The Kier molecular flexibility index (Phi) is 5.12. The largest absolute Gasteiger partial charge is 0.366 e. The van der Waals surface area contributed by atoms with Gasteiger partial charge in [-0.15, -0.1) is 11.3 Å². The zero-order valence-corrected chi connectivity index (χ0v) is 16.3. The predicted octanol–water partition coefficient (Wildman–Crippen LogP) is 4.96. The molecule has 1 aliphatic heterocycles. The van der Waals surface area contributed by atoms with E-state index in [0.717, 1.165) is 17.7 Å².